The van der Waals surface area contributed by atoms with Crippen molar-refractivity contribution in [2.75, 3.05) is 10.6 Å². The standard InChI is InChI=1S/C16H16N2O/c1-11-7-8-13-14(9-11)18-16(19)15(17-13)10-12-5-3-2-4-6-12/h2-9,15,17H,10H2,1H3,(H,18,19). The van der Waals surface area contributed by atoms with E-state index in [1.165, 1.54) is 0 Å². The molecular weight excluding hydrogens is 236 g/mol. The molecule has 19 heavy (non-hydrogen) atoms. The first-order valence-electron chi connectivity index (χ1n) is 6.44. The van der Waals surface area contributed by atoms with E-state index in [4.69, 9.17) is 0 Å². The second kappa shape index (κ2) is 4.76. The van der Waals surface area contributed by atoms with Gasteiger partial charge in [0.1, 0.15) is 6.04 Å². The van der Waals surface area contributed by atoms with Gasteiger partial charge in [-0.2, -0.15) is 0 Å². The molecule has 0 bridgehead atoms. The molecule has 0 spiro atoms. The predicted molar refractivity (Wildman–Crippen MR) is 77.4 cm³/mol. The zero-order chi connectivity index (χ0) is 13.2. The minimum absolute atomic E-state index is 0.0296. The third-order valence-corrected chi connectivity index (χ3v) is 3.36. The van der Waals surface area contributed by atoms with Crippen molar-refractivity contribution >= 4 is 17.3 Å². The first kappa shape index (κ1) is 11.8. The van der Waals surface area contributed by atoms with Crippen LogP contribution in [0.3, 0.4) is 0 Å². The fraction of sp³-hybridized carbons (Fsp3) is 0.188. The first-order valence-corrected chi connectivity index (χ1v) is 6.44. The quantitative estimate of drug-likeness (QED) is 0.862. The van der Waals surface area contributed by atoms with Crippen molar-refractivity contribution in [1.29, 1.82) is 0 Å². The molecule has 2 N–H and O–H groups in total. The highest BCUT2D eigenvalue weighted by molar-refractivity contribution is 6.03. The van der Waals surface area contributed by atoms with Crippen LogP contribution in [-0.4, -0.2) is 11.9 Å². The highest BCUT2D eigenvalue weighted by Crippen LogP contribution is 2.28. The Labute approximate surface area is 112 Å². The molecule has 1 amide bonds. The molecule has 2 aromatic carbocycles. The van der Waals surface area contributed by atoms with Crippen LogP contribution in [0.15, 0.2) is 48.5 Å². The van der Waals surface area contributed by atoms with E-state index in [0.717, 1.165) is 22.5 Å². The summed E-state index contributed by atoms with van der Waals surface area (Å²) < 4.78 is 0. The van der Waals surface area contributed by atoms with Crippen LogP contribution >= 0.6 is 0 Å². The number of hydrogen-bond donors (Lipinski definition) is 2. The fourth-order valence-electron chi connectivity index (χ4n) is 2.35. The van der Waals surface area contributed by atoms with Gasteiger partial charge in [0.15, 0.2) is 0 Å². The minimum atomic E-state index is -0.211. The van der Waals surface area contributed by atoms with Gasteiger partial charge in [-0.3, -0.25) is 4.79 Å². The average Bonchev–Trinajstić information content (AvgIpc) is 2.41. The summed E-state index contributed by atoms with van der Waals surface area (Å²) in [5.41, 5.74) is 4.16. The second-order valence-corrected chi connectivity index (χ2v) is 4.92. The van der Waals surface area contributed by atoms with E-state index in [1.54, 1.807) is 0 Å². The van der Waals surface area contributed by atoms with Gasteiger partial charge in [0.2, 0.25) is 5.91 Å². The summed E-state index contributed by atoms with van der Waals surface area (Å²) in [6.45, 7) is 2.02. The Hall–Kier alpha value is -2.29. The van der Waals surface area contributed by atoms with Crippen molar-refractivity contribution < 1.29 is 4.79 Å². The SMILES string of the molecule is Cc1ccc2c(c1)NC(=O)C(Cc1ccccc1)N2. The van der Waals surface area contributed by atoms with Crippen LogP contribution in [0.25, 0.3) is 0 Å². The Morgan fingerprint density at radius 3 is 2.63 bits per heavy atom. The topological polar surface area (TPSA) is 41.1 Å². The highest BCUT2D eigenvalue weighted by atomic mass is 16.2. The minimum Gasteiger partial charge on any atom is -0.372 e. The molecular formula is C16H16N2O. The molecule has 0 saturated heterocycles. The lowest BCUT2D eigenvalue weighted by Crippen LogP contribution is -2.40. The summed E-state index contributed by atoms with van der Waals surface area (Å²) >= 11 is 0. The maximum absolute atomic E-state index is 12.1. The van der Waals surface area contributed by atoms with E-state index in [2.05, 4.69) is 10.6 Å². The van der Waals surface area contributed by atoms with Gasteiger partial charge in [0.25, 0.3) is 0 Å². The molecule has 1 aliphatic rings. The van der Waals surface area contributed by atoms with Crippen molar-refractivity contribution in [3.8, 4) is 0 Å². The summed E-state index contributed by atoms with van der Waals surface area (Å²) in [7, 11) is 0. The van der Waals surface area contributed by atoms with Crippen LogP contribution in [0.4, 0.5) is 11.4 Å². The van der Waals surface area contributed by atoms with E-state index >= 15 is 0 Å². The van der Waals surface area contributed by atoms with Crippen molar-refractivity contribution in [1.82, 2.24) is 0 Å². The summed E-state index contributed by atoms with van der Waals surface area (Å²) in [4.78, 5) is 12.1. The lowest BCUT2D eigenvalue weighted by Gasteiger charge is -2.27. The first-order chi connectivity index (χ1) is 9.22. The number of amides is 1. The molecule has 0 fully saturated rings. The molecule has 1 heterocycles. The van der Waals surface area contributed by atoms with Crippen LogP contribution in [0.5, 0.6) is 0 Å². The van der Waals surface area contributed by atoms with Crippen LogP contribution < -0.4 is 10.6 Å². The molecule has 1 aliphatic heterocycles. The van der Waals surface area contributed by atoms with Gasteiger partial charge >= 0.3 is 0 Å². The van der Waals surface area contributed by atoms with Gasteiger partial charge in [-0.05, 0) is 30.2 Å². The Morgan fingerprint density at radius 2 is 1.84 bits per heavy atom. The largest absolute Gasteiger partial charge is 0.372 e. The summed E-state index contributed by atoms with van der Waals surface area (Å²) in [5.74, 6) is 0.0296. The third kappa shape index (κ3) is 2.45. The molecule has 3 rings (SSSR count). The summed E-state index contributed by atoms with van der Waals surface area (Å²) in [5, 5.41) is 6.28. The van der Waals surface area contributed by atoms with Gasteiger partial charge in [-0.15, -0.1) is 0 Å². The van der Waals surface area contributed by atoms with Gasteiger partial charge in [0, 0.05) is 6.42 Å². The Balaban J connectivity index is 1.82. The zero-order valence-corrected chi connectivity index (χ0v) is 10.8. The van der Waals surface area contributed by atoms with E-state index in [1.807, 2.05) is 55.5 Å². The Morgan fingerprint density at radius 1 is 1.05 bits per heavy atom. The monoisotopic (exact) mass is 252 g/mol. The predicted octanol–water partition coefficient (Wildman–Crippen LogP) is 2.97. The number of hydrogen-bond acceptors (Lipinski definition) is 2. The van der Waals surface area contributed by atoms with Gasteiger partial charge in [0.05, 0.1) is 11.4 Å². The molecule has 1 unspecified atom stereocenters. The molecule has 3 nitrogen and oxygen atoms in total. The van der Waals surface area contributed by atoms with E-state index in [0.29, 0.717) is 6.42 Å². The molecule has 3 heteroatoms. The number of anilines is 2. The maximum Gasteiger partial charge on any atom is 0.247 e. The normalized spacial score (nSPS) is 17.3. The number of carbonyl (C=O) groups excluding carboxylic acids is 1. The molecule has 0 aromatic heterocycles. The lowest BCUT2D eigenvalue weighted by molar-refractivity contribution is -0.117. The molecule has 0 saturated carbocycles. The number of rotatable bonds is 2. The van der Waals surface area contributed by atoms with Gasteiger partial charge < -0.3 is 10.6 Å². The zero-order valence-electron chi connectivity index (χ0n) is 10.8. The van der Waals surface area contributed by atoms with Crippen LogP contribution in [0, 0.1) is 6.92 Å². The smallest absolute Gasteiger partial charge is 0.247 e. The van der Waals surface area contributed by atoms with Gasteiger partial charge in [-0.25, -0.2) is 0 Å². The Kier molecular flexibility index (Phi) is 2.95. The fourth-order valence-corrected chi connectivity index (χ4v) is 2.35. The van der Waals surface area contributed by atoms with Crippen molar-refractivity contribution in [3.63, 3.8) is 0 Å². The van der Waals surface area contributed by atoms with Crippen LogP contribution in [0.1, 0.15) is 11.1 Å². The Bertz CT molecular complexity index is 607. The molecule has 0 aliphatic carbocycles. The number of carbonyl (C=O) groups is 1. The molecule has 0 radical (unpaired) electrons. The van der Waals surface area contributed by atoms with E-state index in [-0.39, 0.29) is 11.9 Å². The van der Waals surface area contributed by atoms with Crippen molar-refractivity contribution in [2.45, 2.75) is 19.4 Å². The van der Waals surface area contributed by atoms with Crippen LogP contribution in [0.2, 0.25) is 0 Å². The number of fused-ring (bicyclic) bond motifs is 1. The maximum atomic E-state index is 12.1. The van der Waals surface area contributed by atoms with E-state index < -0.39 is 0 Å². The molecule has 1 atom stereocenters. The molecule has 2 aromatic rings. The number of benzene rings is 2. The second-order valence-electron chi connectivity index (χ2n) is 4.92. The van der Waals surface area contributed by atoms with Crippen molar-refractivity contribution in [2.24, 2.45) is 0 Å². The van der Waals surface area contributed by atoms with Crippen LogP contribution in [-0.2, 0) is 11.2 Å². The third-order valence-electron chi connectivity index (χ3n) is 3.36. The lowest BCUT2D eigenvalue weighted by atomic mass is 10.0. The van der Waals surface area contributed by atoms with E-state index in [9.17, 15) is 4.79 Å². The van der Waals surface area contributed by atoms with Crippen molar-refractivity contribution in [3.05, 3.63) is 59.7 Å². The van der Waals surface area contributed by atoms with Gasteiger partial charge in [-0.1, -0.05) is 36.4 Å². The molecule has 96 valence electrons. The summed E-state index contributed by atoms with van der Waals surface area (Å²) in [6, 6.07) is 15.9. The summed E-state index contributed by atoms with van der Waals surface area (Å²) in [6.07, 6.45) is 0.694. The number of aryl methyl sites for hydroxylation is 1. The highest BCUT2D eigenvalue weighted by Gasteiger charge is 2.25. The number of nitrogens with one attached hydrogen (secondary N) is 2. The average molecular weight is 252 g/mol.